The van der Waals surface area contributed by atoms with Gasteiger partial charge >= 0.3 is 0 Å². The van der Waals surface area contributed by atoms with Crippen LogP contribution in [0, 0.1) is 6.92 Å². The van der Waals surface area contributed by atoms with E-state index in [1.165, 1.54) is 13.1 Å². The first-order valence-electron chi connectivity index (χ1n) is 3.64. The van der Waals surface area contributed by atoms with Crippen LogP contribution in [0.1, 0.15) is 36.9 Å². The van der Waals surface area contributed by atoms with Crippen LogP contribution in [0.4, 0.5) is 0 Å². The molecule has 0 saturated heterocycles. The van der Waals surface area contributed by atoms with E-state index in [-0.39, 0.29) is 5.78 Å². The molecular weight excluding hydrogens is 142 g/mol. The number of aromatic nitrogens is 1. The van der Waals surface area contributed by atoms with Gasteiger partial charge in [-0.1, -0.05) is 19.0 Å². The van der Waals surface area contributed by atoms with Gasteiger partial charge in [0, 0.05) is 0 Å². The average molecular weight is 155 g/mol. The van der Waals surface area contributed by atoms with Crippen LogP contribution < -0.4 is 0 Å². The summed E-state index contributed by atoms with van der Waals surface area (Å²) >= 11 is 0. The average Bonchev–Trinajstić information content (AvgIpc) is 2.39. The first kappa shape index (κ1) is 9.88. The van der Waals surface area contributed by atoms with E-state index in [4.69, 9.17) is 0 Å². The second-order valence-corrected chi connectivity index (χ2v) is 1.85. The van der Waals surface area contributed by atoms with Crippen molar-refractivity contribution in [2.75, 3.05) is 0 Å². The summed E-state index contributed by atoms with van der Waals surface area (Å²) in [5.41, 5.74) is 0.565. The highest BCUT2D eigenvalue weighted by molar-refractivity contribution is 5.94. The molecule has 0 atom stereocenters. The Kier molecular flexibility index (Phi) is 4.18. The van der Waals surface area contributed by atoms with Gasteiger partial charge in [-0.25, -0.2) is 0 Å². The molecule has 0 aliphatic carbocycles. The minimum atomic E-state index is -0.00579. The zero-order valence-electron chi connectivity index (χ0n) is 7.34. The third-order valence-corrected chi connectivity index (χ3v) is 1.13. The topological polar surface area (TPSA) is 43.1 Å². The van der Waals surface area contributed by atoms with Crippen LogP contribution in [0.5, 0.6) is 0 Å². The van der Waals surface area contributed by atoms with Crippen molar-refractivity contribution < 1.29 is 9.32 Å². The van der Waals surface area contributed by atoms with Crippen LogP contribution in [0.3, 0.4) is 0 Å². The van der Waals surface area contributed by atoms with E-state index in [1.807, 2.05) is 13.8 Å². The zero-order chi connectivity index (χ0) is 8.85. The van der Waals surface area contributed by atoms with Crippen molar-refractivity contribution in [3.63, 3.8) is 0 Å². The predicted molar refractivity (Wildman–Crippen MR) is 42.6 cm³/mol. The Labute approximate surface area is 66.4 Å². The minimum Gasteiger partial charge on any atom is -0.361 e. The molecule has 1 heterocycles. The summed E-state index contributed by atoms with van der Waals surface area (Å²) in [5, 5.41) is 3.45. The highest BCUT2D eigenvalue weighted by Crippen LogP contribution is 2.05. The number of carbonyl (C=O) groups is 1. The lowest BCUT2D eigenvalue weighted by molar-refractivity contribution is 0.101. The molecule has 0 amide bonds. The molecule has 0 N–H and O–H groups in total. The Balaban J connectivity index is 0.000000461. The SMILES string of the molecule is CC.CC(=O)c1cnoc1C. The lowest BCUT2D eigenvalue weighted by Crippen LogP contribution is -1.89. The van der Waals surface area contributed by atoms with E-state index in [0.717, 1.165) is 0 Å². The van der Waals surface area contributed by atoms with Gasteiger partial charge in [0.1, 0.15) is 5.76 Å². The Morgan fingerprint density at radius 2 is 2.09 bits per heavy atom. The van der Waals surface area contributed by atoms with Crippen molar-refractivity contribution in [2.45, 2.75) is 27.7 Å². The van der Waals surface area contributed by atoms with Crippen LogP contribution in [0.25, 0.3) is 0 Å². The summed E-state index contributed by atoms with van der Waals surface area (Å²) in [4.78, 5) is 10.6. The molecule has 0 unspecified atom stereocenters. The molecule has 0 fully saturated rings. The normalized spacial score (nSPS) is 8.36. The standard InChI is InChI=1S/C6H7NO2.C2H6/c1-4(8)6-3-7-9-5(6)2;1-2/h3H,1-2H3;1-2H3. The number of aryl methyl sites for hydroxylation is 1. The lowest BCUT2D eigenvalue weighted by Gasteiger charge is -1.83. The number of nitrogens with zero attached hydrogens (tertiary/aromatic N) is 1. The van der Waals surface area contributed by atoms with E-state index in [0.29, 0.717) is 11.3 Å². The second-order valence-electron chi connectivity index (χ2n) is 1.85. The fourth-order valence-corrected chi connectivity index (χ4v) is 0.637. The number of hydrogen-bond acceptors (Lipinski definition) is 3. The Bertz CT molecular complexity index is 228. The van der Waals surface area contributed by atoms with Gasteiger partial charge in [0.05, 0.1) is 11.8 Å². The largest absolute Gasteiger partial charge is 0.361 e. The van der Waals surface area contributed by atoms with Gasteiger partial charge in [0.25, 0.3) is 0 Å². The molecule has 1 aromatic rings. The maximum absolute atomic E-state index is 10.6. The van der Waals surface area contributed by atoms with Crippen molar-refractivity contribution in [3.8, 4) is 0 Å². The summed E-state index contributed by atoms with van der Waals surface area (Å²) in [6.07, 6.45) is 1.43. The first-order chi connectivity index (χ1) is 5.22. The fourth-order valence-electron chi connectivity index (χ4n) is 0.637. The van der Waals surface area contributed by atoms with Crippen LogP contribution in [0.2, 0.25) is 0 Å². The molecule has 1 aromatic heterocycles. The van der Waals surface area contributed by atoms with Crippen LogP contribution in [-0.4, -0.2) is 10.9 Å². The van der Waals surface area contributed by atoms with Gasteiger partial charge in [-0.2, -0.15) is 0 Å². The molecule has 0 bridgehead atoms. The Morgan fingerprint density at radius 3 is 2.27 bits per heavy atom. The maximum Gasteiger partial charge on any atom is 0.164 e. The van der Waals surface area contributed by atoms with Crippen LogP contribution in [-0.2, 0) is 0 Å². The summed E-state index contributed by atoms with van der Waals surface area (Å²) in [6, 6.07) is 0. The second kappa shape index (κ2) is 4.66. The van der Waals surface area contributed by atoms with Crippen molar-refractivity contribution in [1.82, 2.24) is 5.16 Å². The smallest absolute Gasteiger partial charge is 0.164 e. The summed E-state index contributed by atoms with van der Waals surface area (Å²) < 4.78 is 4.65. The van der Waals surface area contributed by atoms with E-state index in [2.05, 4.69) is 9.68 Å². The van der Waals surface area contributed by atoms with Gasteiger partial charge in [-0.05, 0) is 13.8 Å². The molecule has 0 radical (unpaired) electrons. The molecule has 3 heteroatoms. The third-order valence-electron chi connectivity index (χ3n) is 1.13. The van der Waals surface area contributed by atoms with Gasteiger partial charge in [-0.3, -0.25) is 4.79 Å². The highest BCUT2D eigenvalue weighted by atomic mass is 16.5. The number of ketones is 1. The number of rotatable bonds is 1. The van der Waals surface area contributed by atoms with E-state index in [9.17, 15) is 4.79 Å². The van der Waals surface area contributed by atoms with Crippen molar-refractivity contribution >= 4 is 5.78 Å². The van der Waals surface area contributed by atoms with Gasteiger partial charge in [0.15, 0.2) is 5.78 Å². The van der Waals surface area contributed by atoms with Gasteiger partial charge in [0.2, 0.25) is 0 Å². The Morgan fingerprint density at radius 1 is 1.55 bits per heavy atom. The molecule has 0 saturated carbocycles. The molecule has 0 aromatic carbocycles. The first-order valence-corrected chi connectivity index (χ1v) is 3.64. The third kappa shape index (κ3) is 2.53. The zero-order valence-corrected chi connectivity index (χ0v) is 7.34. The van der Waals surface area contributed by atoms with E-state index in [1.54, 1.807) is 6.92 Å². The summed E-state index contributed by atoms with van der Waals surface area (Å²) in [5.74, 6) is 0.580. The van der Waals surface area contributed by atoms with E-state index >= 15 is 0 Å². The summed E-state index contributed by atoms with van der Waals surface area (Å²) in [7, 11) is 0. The molecule has 0 aliphatic heterocycles. The molecule has 3 nitrogen and oxygen atoms in total. The molecule has 0 spiro atoms. The number of hydrogen-bond donors (Lipinski definition) is 0. The molecular formula is C8H13NO2. The summed E-state index contributed by atoms with van der Waals surface area (Å²) in [6.45, 7) is 7.20. The number of carbonyl (C=O) groups excluding carboxylic acids is 1. The molecule has 11 heavy (non-hydrogen) atoms. The minimum absolute atomic E-state index is 0.00579. The van der Waals surface area contributed by atoms with Crippen molar-refractivity contribution in [3.05, 3.63) is 17.5 Å². The van der Waals surface area contributed by atoms with Crippen molar-refractivity contribution in [2.24, 2.45) is 0 Å². The predicted octanol–water partition coefficient (Wildman–Crippen LogP) is 2.21. The molecule has 0 aliphatic rings. The Hall–Kier alpha value is -1.12. The van der Waals surface area contributed by atoms with Crippen LogP contribution in [0.15, 0.2) is 10.7 Å². The fraction of sp³-hybridized carbons (Fsp3) is 0.500. The lowest BCUT2D eigenvalue weighted by atomic mass is 10.2. The number of Topliss-reactive ketones (excluding diaryl/α,β-unsaturated/α-hetero) is 1. The van der Waals surface area contributed by atoms with Gasteiger partial charge in [-0.15, -0.1) is 0 Å². The van der Waals surface area contributed by atoms with Crippen molar-refractivity contribution in [1.29, 1.82) is 0 Å². The highest BCUT2D eigenvalue weighted by Gasteiger charge is 2.05. The molecule has 1 rings (SSSR count). The van der Waals surface area contributed by atoms with Gasteiger partial charge < -0.3 is 4.52 Å². The van der Waals surface area contributed by atoms with E-state index < -0.39 is 0 Å². The quantitative estimate of drug-likeness (QED) is 0.584. The maximum atomic E-state index is 10.6. The van der Waals surface area contributed by atoms with Crippen LogP contribution >= 0.6 is 0 Å². The molecule has 62 valence electrons. The monoisotopic (exact) mass is 155 g/mol.